The molecule has 4 heteroatoms. The maximum atomic E-state index is 13.5. The van der Waals surface area contributed by atoms with Gasteiger partial charge in [-0.3, -0.25) is 4.79 Å². The summed E-state index contributed by atoms with van der Waals surface area (Å²) in [5, 5.41) is 9.31. The molecule has 2 nitrogen and oxygen atoms in total. The summed E-state index contributed by atoms with van der Waals surface area (Å²) in [5.41, 5.74) is 0.574. The van der Waals surface area contributed by atoms with Gasteiger partial charge in [0.2, 0.25) is 0 Å². The minimum atomic E-state index is -0.848. The van der Waals surface area contributed by atoms with Crippen LogP contribution < -0.4 is 0 Å². The van der Waals surface area contributed by atoms with E-state index in [9.17, 15) is 14.3 Å². The zero-order valence-corrected chi connectivity index (χ0v) is 10.9. The Morgan fingerprint density at radius 2 is 2.06 bits per heavy atom. The van der Waals surface area contributed by atoms with Gasteiger partial charge in [-0.2, -0.15) is 0 Å². The van der Waals surface area contributed by atoms with Gasteiger partial charge in [-0.1, -0.05) is 18.9 Å². The first-order valence-corrected chi connectivity index (χ1v) is 6.56. The van der Waals surface area contributed by atoms with Crippen molar-refractivity contribution in [2.45, 2.75) is 31.6 Å². The second kappa shape index (κ2) is 5.17. The van der Waals surface area contributed by atoms with Crippen molar-refractivity contribution in [1.82, 2.24) is 0 Å². The summed E-state index contributed by atoms with van der Waals surface area (Å²) in [6, 6.07) is 4.61. The van der Waals surface area contributed by atoms with Crippen LogP contribution in [0.5, 0.6) is 0 Å². The minimum Gasteiger partial charge on any atom is -0.481 e. The summed E-state index contributed by atoms with van der Waals surface area (Å²) in [6.07, 6.45) is 4.00. The van der Waals surface area contributed by atoms with Gasteiger partial charge in [0.25, 0.3) is 0 Å². The van der Waals surface area contributed by atoms with E-state index in [2.05, 4.69) is 15.9 Å². The van der Waals surface area contributed by atoms with Crippen LogP contribution in [-0.4, -0.2) is 11.1 Å². The Hall–Kier alpha value is -0.900. The number of hydrogen-bond acceptors (Lipinski definition) is 1. The van der Waals surface area contributed by atoms with Gasteiger partial charge in [0.05, 0.1) is 10.4 Å². The summed E-state index contributed by atoms with van der Waals surface area (Å²) in [6.45, 7) is 0. The van der Waals surface area contributed by atoms with E-state index in [0.717, 1.165) is 25.7 Å². The average Bonchev–Trinajstić information content (AvgIpc) is 2.76. The molecule has 0 aliphatic heterocycles. The molecule has 1 aliphatic rings. The normalized spacial score (nSPS) is 18.2. The van der Waals surface area contributed by atoms with Gasteiger partial charge in [-0.25, -0.2) is 4.39 Å². The van der Waals surface area contributed by atoms with Crippen LogP contribution in [-0.2, 0) is 4.79 Å². The lowest BCUT2D eigenvalue weighted by atomic mass is 9.85. The predicted octanol–water partition coefficient (Wildman–Crippen LogP) is 3.95. The molecular formula is C13H14BrFO2. The number of carbonyl (C=O) groups is 1. The topological polar surface area (TPSA) is 37.3 Å². The molecule has 0 bridgehead atoms. The molecule has 1 aromatic carbocycles. The van der Waals surface area contributed by atoms with Crippen molar-refractivity contribution >= 4 is 21.9 Å². The molecule has 1 saturated carbocycles. The molecule has 1 aromatic rings. The molecular weight excluding hydrogens is 287 g/mol. The fourth-order valence-electron chi connectivity index (χ4n) is 2.61. The Labute approximate surface area is 108 Å². The molecule has 1 atom stereocenters. The van der Waals surface area contributed by atoms with Gasteiger partial charge in [0, 0.05) is 0 Å². The van der Waals surface area contributed by atoms with E-state index in [-0.39, 0.29) is 5.92 Å². The number of benzene rings is 1. The van der Waals surface area contributed by atoms with Gasteiger partial charge < -0.3 is 5.11 Å². The summed E-state index contributed by atoms with van der Waals surface area (Å²) in [5.74, 6) is -1.67. The van der Waals surface area contributed by atoms with E-state index < -0.39 is 17.7 Å². The fourth-order valence-corrected chi connectivity index (χ4v) is 2.86. The Kier molecular flexibility index (Phi) is 3.82. The van der Waals surface area contributed by atoms with Crippen molar-refractivity contribution in [3.05, 3.63) is 34.1 Å². The summed E-state index contributed by atoms with van der Waals surface area (Å²) >= 11 is 3.08. The standard InChI is InChI=1S/C13H14BrFO2/c14-10-6-5-9(7-11(10)15)12(13(16)17)8-3-1-2-4-8/h5-8,12H,1-4H2,(H,16,17)/t12-/m1/s1. The summed E-state index contributed by atoms with van der Waals surface area (Å²) in [4.78, 5) is 11.3. The Balaban J connectivity index is 2.31. The molecule has 0 spiro atoms. The second-order valence-electron chi connectivity index (χ2n) is 4.53. The van der Waals surface area contributed by atoms with Gasteiger partial charge in [0.15, 0.2) is 0 Å². The lowest BCUT2D eigenvalue weighted by Gasteiger charge is -2.19. The monoisotopic (exact) mass is 300 g/mol. The first-order valence-electron chi connectivity index (χ1n) is 5.77. The second-order valence-corrected chi connectivity index (χ2v) is 5.39. The van der Waals surface area contributed by atoms with Gasteiger partial charge >= 0.3 is 5.97 Å². The highest BCUT2D eigenvalue weighted by molar-refractivity contribution is 9.10. The van der Waals surface area contributed by atoms with Crippen molar-refractivity contribution in [3.63, 3.8) is 0 Å². The number of hydrogen-bond donors (Lipinski definition) is 1. The van der Waals surface area contributed by atoms with E-state index in [0.29, 0.717) is 10.0 Å². The first-order chi connectivity index (χ1) is 8.09. The largest absolute Gasteiger partial charge is 0.481 e. The molecule has 17 heavy (non-hydrogen) atoms. The third kappa shape index (κ3) is 2.68. The molecule has 0 saturated heterocycles. The maximum absolute atomic E-state index is 13.5. The molecule has 92 valence electrons. The van der Waals surface area contributed by atoms with E-state index in [1.165, 1.54) is 6.07 Å². The first kappa shape index (κ1) is 12.6. The molecule has 1 fully saturated rings. The van der Waals surface area contributed by atoms with Crippen LogP contribution in [0.3, 0.4) is 0 Å². The molecule has 0 aromatic heterocycles. The number of aliphatic carboxylic acids is 1. The third-order valence-corrected chi connectivity index (χ3v) is 4.08. The van der Waals surface area contributed by atoms with Crippen LogP contribution >= 0.6 is 15.9 Å². The van der Waals surface area contributed by atoms with Crippen LogP contribution in [0.15, 0.2) is 22.7 Å². The Morgan fingerprint density at radius 1 is 1.41 bits per heavy atom. The number of carboxylic acids is 1. The van der Waals surface area contributed by atoms with Crippen LogP contribution in [0.1, 0.15) is 37.2 Å². The third-order valence-electron chi connectivity index (χ3n) is 3.44. The molecule has 0 unspecified atom stereocenters. The summed E-state index contributed by atoms with van der Waals surface area (Å²) in [7, 11) is 0. The van der Waals surface area contributed by atoms with Crippen molar-refractivity contribution in [1.29, 1.82) is 0 Å². The van der Waals surface area contributed by atoms with E-state index in [4.69, 9.17) is 0 Å². The van der Waals surface area contributed by atoms with Crippen molar-refractivity contribution in [3.8, 4) is 0 Å². The number of rotatable bonds is 3. The van der Waals surface area contributed by atoms with Crippen LogP contribution in [0.25, 0.3) is 0 Å². The highest BCUT2D eigenvalue weighted by atomic mass is 79.9. The zero-order valence-electron chi connectivity index (χ0n) is 9.33. The maximum Gasteiger partial charge on any atom is 0.311 e. The summed E-state index contributed by atoms with van der Waals surface area (Å²) < 4.78 is 13.8. The number of halogens is 2. The van der Waals surface area contributed by atoms with E-state index >= 15 is 0 Å². The van der Waals surface area contributed by atoms with E-state index in [1.54, 1.807) is 12.1 Å². The average molecular weight is 301 g/mol. The van der Waals surface area contributed by atoms with Gasteiger partial charge in [0.1, 0.15) is 5.82 Å². The highest BCUT2D eigenvalue weighted by Gasteiger charge is 2.32. The van der Waals surface area contributed by atoms with E-state index in [1.807, 2.05) is 0 Å². The van der Waals surface area contributed by atoms with Crippen LogP contribution in [0.4, 0.5) is 4.39 Å². The van der Waals surface area contributed by atoms with Crippen molar-refractivity contribution in [2.24, 2.45) is 5.92 Å². The molecule has 1 aliphatic carbocycles. The van der Waals surface area contributed by atoms with Crippen LogP contribution in [0, 0.1) is 11.7 Å². The lowest BCUT2D eigenvalue weighted by molar-refractivity contribution is -0.140. The molecule has 2 rings (SSSR count). The highest BCUT2D eigenvalue weighted by Crippen LogP contribution is 2.38. The Morgan fingerprint density at radius 3 is 2.59 bits per heavy atom. The SMILES string of the molecule is O=C(O)[C@@H](c1ccc(Br)c(F)c1)C1CCCC1. The van der Waals surface area contributed by atoms with Crippen molar-refractivity contribution in [2.75, 3.05) is 0 Å². The van der Waals surface area contributed by atoms with Gasteiger partial charge in [-0.15, -0.1) is 0 Å². The molecule has 0 radical (unpaired) electrons. The predicted molar refractivity (Wildman–Crippen MR) is 66.4 cm³/mol. The zero-order chi connectivity index (χ0) is 12.4. The fraction of sp³-hybridized carbons (Fsp3) is 0.462. The lowest BCUT2D eigenvalue weighted by Crippen LogP contribution is -2.19. The Bertz CT molecular complexity index is 427. The molecule has 0 amide bonds. The molecule has 1 N–H and O–H groups in total. The minimum absolute atomic E-state index is 0.146. The van der Waals surface area contributed by atoms with Crippen LogP contribution in [0.2, 0.25) is 0 Å². The van der Waals surface area contributed by atoms with Gasteiger partial charge in [-0.05, 0) is 52.4 Å². The molecule has 0 heterocycles. The quantitative estimate of drug-likeness (QED) is 0.918. The smallest absolute Gasteiger partial charge is 0.311 e. The van der Waals surface area contributed by atoms with Crippen molar-refractivity contribution < 1.29 is 14.3 Å². The number of carboxylic acid groups (broad SMARTS) is 1.